The van der Waals surface area contributed by atoms with Gasteiger partial charge in [-0.3, -0.25) is 19.7 Å². The third kappa shape index (κ3) is 4.96. The van der Waals surface area contributed by atoms with E-state index < -0.39 is 16.8 Å². The molecule has 2 N–H and O–H groups in total. The number of nitrogens with one attached hydrogen (secondary N) is 1. The van der Waals surface area contributed by atoms with E-state index in [1.54, 1.807) is 0 Å². The summed E-state index contributed by atoms with van der Waals surface area (Å²) in [6.45, 7) is 0.329. The Hall–Kier alpha value is -1.96. The molecule has 0 spiro atoms. The summed E-state index contributed by atoms with van der Waals surface area (Å²) in [4.78, 5) is 32.2. The van der Waals surface area contributed by atoms with Gasteiger partial charge >= 0.3 is 5.97 Å². The molecule has 108 valence electrons. The topological polar surface area (TPSA) is 110 Å². The fourth-order valence-corrected chi connectivity index (χ4v) is 1.89. The number of hydrogen-bond donors (Lipinski definition) is 2. The Balaban J connectivity index is 2.53. The second-order valence-corrected chi connectivity index (χ2v) is 4.88. The molecule has 1 aromatic rings. The number of carboxylic acids is 1. The second-order valence-electron chi connectivity index (χ2n) is 4.03. The maximum atomic E-state index is 11.8. The van der Waals surface area contributed by atoms with Gasteiger partial charge in [-0.1, -0.05) is 0 Å². The Morgan fingerprint density at radius 3 is 2.65 bits per heavy atom. The molecule has 1 amide bonds. The summed E-state index contributed by atoms with van der Waals surface area (Å²) in [5, 5.41) is 21.8. The lowest BCUT2D eigenvalue weighted by Gasteiger charge is -2.05. The average molecular weight is 345 g/mol. The molecule has 0 bridgehead atoms. The van der Waals surface area contributed by atoms with Crippen LogP contribution >= 0.6 is 15.9 Å². The van der Waals surface area contributed by atoms with Gasteiger partial charge in [0.05, 0.1) is 9.40 Å². The summed E-state index contributed by atoms with van der Waals surface area (Å²) in [5.41, 5.74) is 0.0154. The maximum Gasteiger partial charge on any atom is 0.303 e. The molecule has 0 heterocycles. The average Bonchev–Trinajstić information content (AvgIpc) is 2.37. The highest BCUT2D eigenvalue weighted by Gasteiger charge is 2.15. The third-order valence-electron chi connectivity index (χ3n) is 2.51. The number of nitro benzene ring substituents is 1. The molecule has 1 rings (SSSR count). The highest BCUT2D eigenvalue weighted by atomic mass is 79.9. The van der Waals surface area contributed by atoms with Crippen molar-refractivity contribution in [2.45, 2.75) is 19.3 Å². The van der Waals surface area contributed by atoms with E-state index in [9.17, 15) is 19.7 Å². The minimum Gasteiger partial charge on any atom is -0.481 e. The van der Waals surface area contributed by atoms with E-state index in [1.165, 1.54) is 18.2 Å². The lowest BCUT2D eigenvalue weighted by Crippen LogP contribution is -2.24. The smallest absolute Gasteiger partial charge is 0.303 e. The van der Waals surface area contributed by atoms with Crippen LogP contribution < -0.4 is 5.32 Å². The summed E-state index contributed by atoms with van der Waals surface area (Å²) >= 11 is 3.04. The van der Waals surface area contributed by atoms with Crippen LogP contribution in [0.1, 0.15) is 29.6 Å². The molecule has 0 aliphatic heterocycles. The number of hydrogen-bond acceptors (Lipinski definition) is 4. The van der Waals surface area contributed by atoms with Crippen molar-refractivity contribution in [2.75, 3.05) is 6.54 Å². The Morgan fingerprint density at radius 2 is 2.05 bits per heavy atom. The molecule has 0 aromatic heterocycles. The van der Waals surface area contributed by atoms with Crippen molar-refractivity contribution in [1.29, 1.82) is 0 Å². The van der Waals surface area contributed by atoms with Crippen molar-refractivity contribution >= 4 is 33.5 Å². The van der Waals surface area contributed by atoms with Crippen molar-refractivity contribution in [3.05, 3.63) is 38.3 Å². The van der Waals surface area contributed by atoms with Crippen molar-refractivity contribution in [1.82, 2.24) is 5.32 Å². The number of amides is 1. The number of aliphatic carboxylic acids is 1. The van der Waals surface area contributed by atoms with Crippen molar-refractivity contribution in [2.24, 2.45) is 0 Å². The van der Waals surface area contributed by atoms with Crippen molar-refractivity contribution in [3.63, 3.8) is 0 Å². The number of carboxylic acid groups (broad SMARTS) is 1. The molecule has 0 unspecified atom stereocenters. The fourth-order valence-electron chi connectivity index (χ4n) is 1.50. The van der Waals surface area contributed by atoms with Gasteiger partial charge in [0, 0.05) is 24.6 Å². The normalized spacial score (nSPS) is 10.1. The van der Waals surface area contributed by atoms with E-state index in [0.717, 1.165) is 0 Å². The standard InChI is InChI=1S/C12H13BrN2O5/c13-9-5-4-8(7-10(9)15(19)20)12(18)14-6-2-1-3-11(16)17/h4-5,7H,1-3,6H2,(H,14,18)(H,16,17). The lowest BCUT2D eigenvalue weighted by atomic mass is 10.2. The minimum absolute atomic E-state index is 0.0552. The highest BCUT2D eigenvalue weighted by molar-refractivity contribution is 9.10. The zero-order valence-corrected chi connectivity index (χ0v) is 12.1. The van der Waals surface area contributed by atoms with E-state index in [0.29, 0.717) is 23.9 Å². The lowest BCUT2D eigenvalue weighted by molar-refractivity contribution is -0.385. The van der Waals surface area contributed by atoms with E-state index in [4.69, 9.17) is 5.11 Å². The number of benzene rings is 1. The van der Waals surface area contributed by atoms with Crippen LogP contribution in [-0.4, -0.2) is 28.5 Å². The van der Waals surface area contributed by atoms with Gasteiger partial charge in [0.1, 0.15) is 0 Å². The SMILES string of the molecule is O=C(O)CCCCNC(=O)c1ccc(Br)c([N+](=O)[O-])c1. The third-order valence-corrected chi connectivity index (χ3v) is 3.18. The number of carbonyl (C=O) groups is 2. The molecular weight excluding hydrogens is 332 g/mol. The van der Waals surface area contributed by atoms with Gasteiger partial charge < -0.3 is 10.4 Å². The predicted octanol–water partition coefficient (Wildman–Crippen LogP) is 2.34. The van der Waals surface area contributed by atoms with Crippen LogP contribution in [0.25, 0.3) is 0 Å². The van der Waals surface area contributed by atoms with Crippen LogP contribution in [0.4, 0.5) is 5.69 Å². The first kappa shape index (κ1) is 16.1. The number of unbranched alkanes of at least 4 members (excludes halogenated alkanes) is 1. The first-order valence-electron chi connectivity index (χ1n) is 5.85. The Morgan fingerprint density at radius 1 is 1.35 bits per heavy atom. The maximum absolute atomic E-state index is 11.8. The molecule has 20 heavy (non-hydrogen) atoms. The minimum atomic E-state index is -0.875. The molecule has 7 nitrogen and oxygen atoms in total. The van der Waals surface area contributed by atoms with Crippen LogP contribution in [0.15, 0.2) is 22.7 Å². The Labute approximate surface area is 123 Å². The zero-order chi connectivity index (χ0) is 15.1. The summed E-state index contributed by atoms with van der Waals surface area (Å²) in [7, 11) is 0. The van der Waals surface area contributed by atoms with Gasteiger partial charge in [0.25, 0.3) is 11.6 Å². The molecule has 0 saturated heterocycles. The van der Waals surface area contributed by atoms with Gasteiger partial charge in [0.2, 0.25) is 0 Å². The summed E-state index contributed by atoms with van der Waals surface area (Å²) in [6, 6.07) is 4.11. The Kier molecular flexibility index (Phi) is 6.10. The number of nitrogens with zero attached hydrogens (tertiary/aromatic N) is 1. The predicted molar refractivity (Wildman–Crippen MR) is 74.6 cm³/mol. The zero-order valence-electron chi connectivity index (χ0n) is 10.5. The fraction of sp³-hybridized carbons (Fsp3) is 0.333. The van der Waals surface area contributed by atoms with Crippen LogP contribution in [0.3, 0.4) is 0 Å². The van der Waals surface area contributed by atoms with Gasteiger partial charge in [-0.2, -0.15) is 0 Å². The molecule has 0 fully saturated rings. The summed E-state index contributed by atoms with van der Waals surface area (Å²) < 4.78 is 0.306. The van der Waals surface area contributed by atoms with Gasteiger partial charge in [-0.25, -0.2) is 0 Å². The Bertz CT molecular complexity index is 533. The number of nitro groups is 1. The quantitative estimate of drug-likeness (QED) is 0.448. The van der Waals surface area contributed by atoms with Gasteiger partial charge in [-0.05, 0) is 40.9 Å². The monoisotopic (exact) mass is 344 g/mol. The van der Waals surface area contributed by atoms with Crippen LogP contribution in [-0.2, 0) is 4.79 Å². The molecule has 0 aliphatic rings. The molecular formula is C12H13BrN2O5. The number of carbonyl (C=O) groups excluding carboxylic acids is 1. The second kappa shape index (κ2) is 7.59. The van der Waals surface area contributed by atoms with Gasteiger partial charge in [-0.15, -0.1) is 0 Å². The highest BCUT2D eigenvalue weighted by Crippen LogP contribution is 2.25. The molecule has 0 saturated carbocycles. The van der Waals surface area contributed by atoms with Crippen molar-refractivity contribution in [3.8, 4) is 0 Å². The van der Waals surface area contributed by atoms with E-state index in [1.807, 2.05) is 0 Å². The van der Waals surface area contributed by atoms with E-state index >= 15 is 0 Å². The van der Waals surface area contributed by atoms with Crippen LogP contribution in [0.5, 0.6) is 0 Å². The molecule has 1 aromatic carbocycles. The first-order chi connectivity index (χ1) is 9.41. The summed E-state index contributed by atoms with van der Waals surface area (Å²) in [6.07, 6.45) is 1.06. The number of halogens is 1. The molecule has 8 heteroatoms. The largest absolute Gasteiger partial charge is 0.481 e. The molecule has 0 radical (unpaired) electrons. The molecule has 0 atom stereocenters. The first-order valence-corrected chi connectivity index (χ1v) is 6.65. The van der Waals surface area contributed by atoms with E-state index in [2.05, 4.69) is 21.2 Å². The van der Waals surface area contributed by atoms with Gasteiger partial charge in [0.15, 0.2) is 0 Å². The number of rotatable bonds is 7. The van der Waals surface area contributed by atoms with Crippen LogP contribution in [0.2, 0.25) is 0 Å². The van der Waals surface area contributed by atoms with E-state index in [-0.39, 0.29) is 17.7 Å². The van der Waals surface area contributed by atoms with Crippen LogP contribution in [0, 0.1) is 10.1 Å². The molecule has 0 aliphatic carbocycles. The summed E-state index contributed by atoms with van der Waals surface area (Å²) in [5.74, 6) is -1.30. The van der Waals surface area contributed by atoms with Crippen molar-refractivity contribution < 1.29 is 19.6 Å².